The van der Waals surface area contributed by atoms with Gasteiger partial charge in [-0.1, -0.05) is 12.1 Å². The summed E-state index contributed by atoms with van der Waals surface area (Å²) in [6.45, 7) is 14.2. The van der Waals surface area contributed by atoms with Gasteiger partial charge in [0.25, 0.3) is 6.04 Å². The van der Waals surface area contributed by atoms with Crippen LogP contribution in [0.3, 0.4) is 0 Å². The summed E-state index contributed by atoms with van der Waals surface area (Å²) >= 11 is 3.58. The molecule has 2 aromatic rings. The topological polar surface area (TPSA) is 98.7 Å². The molecule has 1 aromatic heterocycles. The van der Waals surface area contributed by atoms with Gasteiger partial charge >= 0.3 is 6.09 Å². The molecular weight excluding hydrogens is 484 g/mol. The Bertz CT molecular complexity index is 1180. The van der Waals surface area contributed by atoms with Gasteiger partial charge in [-0.3, -0.25) is 10.00 Å². The van der Waals surface area contributed by atoms with Gasteiger partial charge in [0.15, 0.2) is 5.82 Å². The average Bonchev–Trinajstić information content (AvgIpc) is 3.25. The molecule has 3 heterocycles. The number of rotatable bonds is 2. The van der Waals surface area contributed by atoms with Gasteiger partial charge in [0, 0.05) is 16.6 Å². The maximum atomic E-state index is 13.1. The van der Waals surface area contributed by atoms with E-state index in [0.717, 1.165) is 24.0 Å². The number of aromatic nitrogens is 2. The van der Waals surface area contributed by atoms with E-state index in [4.69, 9.17) is 16.3 Å². The summed E-state index contributed by atoms with van der Waals surface area (Å²) in [4.78, 5) is 23.6. The number of hydrogen-bond acceptors (Lipinski definition) is 5. The molecule has 1 aromatic carbocycles. The third-order valence-corrected chi connectivity index (χ3v) is 6.82. The minimum atomic E-state index is -0.645. The first kappa shape index (κ1) is 23.0. The first-order valence-electron chi connectivity index (χ1n) is 10.9. The number of nitrogens with one attached hydrogen (secondary N) is 1. The molecule has 8 nitrogen and oxygen atoms in total. The van der Waals surface area contributed by atoms with Crippen LogP contribution in [0.15, 0.2) is 33.9 Å². The average molecular weight is 509 g/mol. The number of fused-ring (bicyclic) bond motifs is 1. The van der Waals surface area contributed by atoms with Crippen LogP contribution in [0.1, 0.15) is 62.6 Å². The number of benzene rings is 1. The zero-order chi connectivity index (χ0) is 23.8. The number of hydrogen-bond donors (Lipinski definition) is 1. The predicted molar refractivity (Wildman–Crippen MR) is 127 cm³/mol. The molecule has 4 rings (SSSR count). The van der Waals surface area contributed by atoms with Crippen LogP contribution in [0.4, 0.5) is 10.6 Å². The van der Waals surface area contributed by atoms with Crippen molar-refractivity contribution < 1.29 is 9.53 Å². The highest BCUT2D eigenvalue weighted by molar-refractivity contribution is 9.10. The van der Waals surface area contributed by atoms with Gasteiger partial charge in [0.05, 0.1) is 23.7 Å². The van der Waals surface area contributed by atoms with Gasteiger partial charge in [-0.05, 0) is 67.6 Å². The van der Waals surface area contributed by atoms with E-state index in [2.05, 4.69) is 37.0 Å². The molecule has 33 heavy (non-hydrogen) atoms. The third kappa shape index (κ3) is 4.38. The van der Waals surface area contributed by atoms with Crippen molar-refractivity contribution in [3.8, 4) is 6.07 Å². The van der Waals surface area contributed by atoms with Crippen molar-refractivity contribution in [3.05, 3.63) is 57.0 Å². The molecule has 0 aliphatic carbocycles. The Labute approximate surface area is 201 Å². The zero-order valence-corrected chi connectivity index (χ0v) is 20.4. The Morgan fingerprint density at radius 3 is 2.85 bits per heavy atom. The minimum absolute atomic E-state index is 0.343. The highest BCUT2D eigenvalue weighted by Crippen LogP contribution is 2.44. The normalized spacial score (nSPS) is 22.5. The standard InChI is InChI=1S/C24H25BrN6O2/c1-24(2,3)33-23(32)31-11-6-5-10-17(31)20-21(27-4)18(16-13-28-30-22(16)29-20)15-9-7-8-14(12-26)19(15)25/h7-9,13,17-18,21H,5-6,10-11H2,1-3H3,(H,28,30). The second-order valence-corrected chi connectivity index (χ2v) is 10.1. The molecule has 0 saturated carbocycles. The van der Waals surface area contributed by atoms with Gasteiger partial charge in [-0.15, -0.1) is 0 Å². The number of halogens is 1. The minimum Gasteiger partial charge on any atom is -0.444 e. The number of nitriles is 1. The van der Waals surface area contributed by atoms with Crippen molar-refractivity contribution in [3.63, 3.8) is 0 Å². The van der Waals surface area contributed by atoms with E-state index in [0.29, 0.717) is 34.5 Å². The van der Waals surface area contributed by atoms with Crippen LogP contribution < -0.4 is 0 Å². The fourth-order valence-corrected chi connectivity index (χ4v) is 5.15. The van der Waals surface area contributed by atoms with Crippen molar-refractivity contribution in [2.45, 2.75) is 63.6 Å². The lowest BCUT2D eigenvalue weighted by Gasteiger charge is -2.39. The molecule has 1 amide bonds. The molecule has 2 aliphatic heterocycles. The molecule has 1 N–H and O–H groups in total. The molecule has 3 atom stereocenters. The van der Waals surface area contributed by atoms with E-state index in [1.807, 2.05) is 32.9 Å². The number of aromatic amines is 1. The van der Waals surface area contributed by atoms with Gasteiger partial charge in [-0.25, -0.2) is 16.4 Å². The fourth-order valence-electron chi connectivity index (χ4n) is 4.55. The Hall–Kier alpha value is -3.17. The first-order chi connectivity index (χ1) is 15.7. The van der Waals surface area contributed by atoms with E-state index >= 15 is 0 Å². The molecule has 1 fully saturated rings. The number of nitrogens with zero attached hydrogens (tertiary/aromatic N) is 5. The maximum Gasteiger partial charge on any atom is 0.410 e. The van der Waals surface area contributed by atoms with E-state index in [9.17, 15) is 10.1 Å². The molecule has 170 valence electrons. The summed E-state index contributed by atoms with van der Waals surface area (Å²) in [5.41, 5.74) is 2.14. The number of carbonyl (C=O) groups excluding carboxylic acids is 1. The van der Waals surface area contributed by atoms with Crippen LogP contribution in [-0.2, 0) is 4.74 Å². The lowest BCUT2D eigenvalue weighted by atomic mass is 9.78. The van der Waals surface area contributed by atoms with Gasteiger partial charge < -0.3 is 9.58 Å². The van der Waals surface area contributed by atoms with E-state index in [-0.39, 0.29) is 12.0 Å². The largest absolute Gasteiger partial charge is 0.444 e. The van der Waals surface area contributed by atoms with E-state index in [1.54, 1.807) is 17.2 Å². The smallest absolute Gasteiger partial charge is 0.410 e. The summed E-state index contributed by atoms with van der Waals surface area (Å²) in [7, 11) is 0. The lowest BCUT2D eigenvalue weighted by molar-refractivity contribution is 0.0165. The number of likely N-dealkylation sites (tertiary alicyclic amines) is 1. The molecule has 0 spiro atoms. The lowest BCUT2D eigenvalue weighted by Crippen LogP contribution is -2.53. The van der Waals surface area contributed by atoms with Crippen molar-refractivity contribution in [1.82, 2.24) is 15.1 Å². The number of carbonyl (C=O) groups is 1. The van der Waals surface area contributed by atoms with Gasteiger partial charge in [0.1, 0.15) is 17.4 Å². The molecule has 1 saturated heterocycles. The Balaban J connectivity index is 1.80. The summed E-state index contributed by atoms with van der Waals surface area (Å²) < 4.78 is 6.33. The molecule has 0 bridgehead atoms. The number of piperidine rings is 1. The first-order valence-corrected chi connectivity index (χ1v) is 11.7. The van der Waals surface area contributed by atoms with E-state index < -0.39 is 17.7 Å². The highest BCUT2D eigenvalue weighted by atomic mass is 79.9. The molecule has 9 heteroatoms. The summed E-state index contributed by atoms with van der Waals surface area (Å²) in [5.74, 6) is 0.202. The quantitative estimate of drug-likeness (QED) is 0.553. The van der Waals surface area contributed by atoms with Crippen LogP contribution in [0.2, 0.25) is 0 Å². The summed E-state index contributed by atoms with van der Waals surface area (Å²) in [5, 5.41) is 16.7. The summed E-state index contributed by atoms with van der Waals surface area (Å²) in [6, 6.07) is 6.68. The summed E-state index contributed by atoms with van der Waals surface area (Å²) in [6.07, 6.45) is 3.82. The molecule has 0 radical (unpaired) electrons. The molecule has 2 aliphatic rings. The van der Waals surface area contributed by atoms with Crippen LogP contribution in [0.5, 0.6) is 0 Å². The Kier molecular flexibility index (Phi) is 6.27. The van der Waals surface area contributed by atoms with Crippen molar-refractivity contribution in [1.29, 1.82) is 5.26 Å². The van der Waals surface area contributed by atoms with Crippen molar-refractivity contribution in [2.75, 3.05) is 6.54 Å². The highest BCUT2D eigenvalue weighted by Gasteiger charge is 2.47. The fraction of sp³-hybridized carbons (Fsp3) is 0.458. The molecular formula is C24H25BrN6O2. The number of ether oxygens (including phenoxy) is 1. The third-order valence-electron chi connectivity index (χ3n) is 5.94. The maximum absolute atomic E-state index is 13.1. The van der Waals surface area contributed by atoms with Crippen LogP contribution in [-0.4, -0.2) is 51.1 Å². The van der Waals surface area contributed by atoms with Crippen LogP contribution in [0.25, 0.3) is 4.85 Å². The van der Waals surface area contributed by atoms with Gasteiger partial charge in [-0.2, -0.15) is 10.4 Å². The molecule has 3 unspecified atom stereocenters. The van der Waals surface area contributed by atoms with Crippen LogP contribution in [0, 0.1) is 17.9 Å². The van der Waals surface area contributed by atoms with Crippen molar-refractivity contribution in [2.24, 2.45) is 4.99 Å². The Morgan fingerprint density at radius 1 is 1.36 bits per heavy atom. The Morgan fingerprint density at radius 2 is 2.15 bits per heavy atom. The number of aliphatic imine (C=N–C) groups is 1. The second kappa shape index (κ2) is 8.99. The number of amides is 1. The van der Waals surface area contributed by atoms with Gasteiger partial charge in [0.2, 0.25) is 0 Å². The second-order valence-electron chi connectivity index (χ2n) is 9.27. The zero-order valence-electron chi connectivity index (χ0n) is 18.8. The van der Waals surface area contributed by atoms with Crippen molar-refractivity contribution >= 4 is 33.6 Å². The number of H-pyrrole nitrogens is 1. The SMILES string of the molecule is [C-]#[N+]C1C(C2CCCCN2C(=O)OC(C)(C)C)=Nc2[nH]ncc2C1c1cccc(C#N)c1Br. The predicted octanol–water partition coefficient (Wildman–Crippen LogP) is 5.34. The monoisotopic (exact) mass is 508 g/mol. The van der Waals surface area contributed by atoms with E-state index in [1.165, 1.54) is 0 Å². The van der Waals surface area contributed by atoms with Crippen LogP contribution >= 0.6 is 15.9 Å².